The van der Waals surface area contributed by atoms with Crippen LogP contribution in [0.5, 0.6) is 0 Å². The number of pyridine rings is 1. The zero-order valence-corrected chi connectivity index (χ0v) is 14.1. The van der Waals surface area contributed by atoms with Gasteiger partial charge in [0.2, 0.25) is 5.95 Å². The zero-order chi connectivity index (χ0) is 19.2. The van der Waals surface area contributed by atoms with E-state index in [0.29, 0.717) is 30.8 Å². The number of nitrogens with one attached hydrogen (secondary N) is 2. The Kier molecular flexibility index (Phi) is 5.82. The second-order valence-electron chi connectivity index (χ2n) is 5.57. The van der Waals surface area contributed by atoms with Gasteiger partial charge in [-0.2, -0.15) is 4.98 Å². The molecule has 3 aromatic rings. The number of hydrogen-bond acceptors (Lipinski definition) is 6. The molecule has 6 nitrogen and oxygen atoms in total. The van der Waals surface area contributed by atoms with Crippen molar-refractivity contribution in [1.29, 1.82) is 0 Å². The number of hydrogen-bond donors (Lipinski definition) is 3. The van der Waals surface area contributed by atoms with E-state index in [1.807, 2.05) is 0 Å². The van der Waals surface area contributed by atoms with Crippen molar-refractivity contribution >= 4 is 17.5 Å². The molecule has 0 unspecified atom stereocenters. The fraction of sp³-hybridized carbons (Fsp3) is 0.167. The highest BCUT2D eigenvalue weighted by molar-refractivity contribution is 5.67. The topological polar surface area (TPSA) is 83.0 Å². The molecule has 0 spiro atoms. The Morgan fingerprint density at radius 1 is 0.963 bits per heavy atom. The van der Waals surface area contributed by atoms with E-state index < -0.39 is 23.1 Å². The number of nitrogens with zero attached hydrogens (tertiary/aromatic N) is 3. The molecule has 27 heavy (non-hydrogen) atoms. The van der Waals surface area contributed by atoms with E-state index in [0.717, 1.165) is 5.56 Å². The number of benzene rings is 1. The Morgan fingerprint density at radius 2 is 1.67 bits per heavy atom. The standard InChI is InChI=1S/C18H16F3N5O/c19-12-8-13(20)17(14(21)9-12)25-16-10-15(11-2-5-22-6-3-11)24-18(26-16)23-4-1-7-27/h2-3,5-6,8-10,27H,1,4,7H2,(H2,23,24,25,26). The Balaban J connectivity index is 1.97. The molecule has 0 fully saturated rings. The molecular weight excluding hydrogens is 359 g/mol. The first-order chi connectivity index (χ1) is 13.1. The van der Waals surface area contributed by atoms with E-state index in [4.69, 9.17) is 5.11 Å². The minimum atomic E-state index is -1.08. The molecule has 0 radical (unpaired) electrons. The van der Waals surface area contributed by atoms with Gasteiger partial charge in [0.15, 0.2) is 11.6 Å². The van der Waals surface area contributed by atoms with Gasteiger partial charge in [0, 0.05) is 49.3 Å². The number of aliphatic hydroxyl groups excluding tert-OH is 1. The third kappa shape index (κ3) is 4.70. The van der Waals surface area contributed by atoms with Crippen molar-refractivity contribution in [2.24, 2.45) is 0 Å². The first-order valence-electron chi connectivity index (χ1n) is 8.12. The van der Waals surface area contributed by atoms with Crippen molar-refractivity contribution in [2.45, 2.75) is 6.42 Å². The van der Waals surface area contributed by atoms with Crippen LogP contribution in [0.25, 0.3) is 11.3 Å². The van der Waals surface area contributed by atoms with E-state index in [9.17, 15) is 13.2 Å². The Bertz CT molecular complexity index is 901. The highest BCUT2D eigenvalue weighted by Crippen LogP contribution is 2.27. The summed E-state index contributed by atoms with van der Waals surface area (Å²) in [6, 6.07) is 6.12. The monoisotopic (exact) mass is 375 g/mol. The molecule has 2 aromatic heterocycles. The molecule has 0 saturated heterocycles. The summed E-state index contributed by atoms with van der Waals surface area (Å²) in [5.41, 5.74) is 0.696. The van der Waals surface area contributed by atoms with Gasteiger partial charge in [0.05, 0.1) is 5.69 Å². The minimum absolute atomic E-state index is 0.00580. The third-order valence-electron chi connectivity index (χ3n) is 3.58. The smallest absolute Gasteiger partial charge is 0.225 e. The van der Waals surface area contributed by atoms with E-state index in [2.05, 4.69) is 25.6 Å². The van der Waals surface area contributed by atoms with Gasteiger partial charge < -0.3 is 15.7 Å². The van der Waals surface area contributed by atoms with Crippen molar-refractivity contribution in [1.82, 2.24) is 15.0 Å². The van der Waals surface area contributed by atoms with Crippen molar-refractivity contribution in [3.05, 3.63) is 60.2 Å². The molecule has 0 aliphatic heterocycles. The summed E-state index contributed by atoms with van der Waals surface area (Å²) in [7, 11) is 0. The predicted octanol–water partition coefficient (Wildman–Crippen LogP) is 3.49. The van der Waals surface area contributed by atoms with Crippen molar-refractivity contribution < 1.29 is 18.3 Å². The van der Waals surface area contributed by atoms with Crippen LogP contribution in [-0.4, -0.2) is 33.2 Å². The number of aliphatic hydroxyl groups is 1. The summed E-state index contributed by atoms with van der Waals surface area (Å²) in [6.45, 7) is 0.406. The average Bonchev–Trinajstić information content (AvgIpc) is 2.65. The van der Waals surface area contributed by atoms with E-state index in [1.165, 1.54) is 6.07 Å². The first-order valence-corrected chi connectivity index (χ1v) is 8.12. The number of anilines is 3. The first kappa shape index (κ1) is 18.6. The van der Waals surface area contributed by atoms with Gasteiger partial charge in [-0.1, -0.05) is 0 Å². The fourth-order valence-electron chi connectivity index (χ4n) is 2.33. The van der Waals surface area contributed by atoms with E-state index >= 15 is 0 Å². The highest BCUT2D eigenvalue weighted by atomic mass is 19.1. The van der Waals surface area contributed by atoms with Crippen LogP contribution in [0.4, 0.5) is 30.6 Å². The van der Waals surface area contributed by atoms with Gasteiger partial charge in [0.1, 0.15) is 17.3 Å². The van der Waals surface area contributed by atoms with Crippen LogP contribution in [0.3, 0.4) is 0 Å². The lowest BCUT2D eigenvalue weighted by atomic mass is 10.2. The van der Waals surface area contributed by atoms with Crippen LogP contribution >= 0.6 is 0 Å². The molecular formula is C18H16F3N5O. The second kappa shape index (κ2) is 8.45. The average molecular weight is 375 g/mol. The van der Waals surface area contributed by atoms with E-state index in [1.54, 1.807) is 24.5 Å². The van der Waals surface area contributed by atoms with Gasteiger partial charge in [-0.25, -0.2) is 18.2 Å². The van der Waals surface area contributed by atoms with Gasteiger partial charge in [-0.3, -0.25) is 4.98 Å². The van der Waals surface area contributed by atoms with Gasteiger partial charge in [-0.15, -0.1) is 0 Å². The lowest BCUT2D eigenvalue weighted by molar-refractivity contribution is 0.292. The quantitative estimate of drug-likeness (QED) is 0.549. The predicted molar refractivity (Wildman–Crippen MR) is 95.1 cm³/mol. The number of aromatic nitrogens is 3. The minimum Gasteiger partial charge on any atom is -0.396 e. The Morgan fingerprint density at radius 3 is 2.33 bits per heavy atom. The number of rotatable bonds is 7. The summed E-state index contributed by atoms with van der Waals surface area (Å²) in [4.78, 5) is 12.5. The largest absolute Gasteiger partial charge is 0.396 e. The molecule has 3 N–H and O–H groups in total. The molecule has 2 heterocycles. The maximum Gasteiger partial charge on any atom is 0.225 e. The highest BCUT2D eigenvalue weighted by Gasteiger charge is 2.14. The Hall–Kier alpha value is -3.20. The fourth-order valence-corrected chi connectivity index (χ4v) is 2.33. The third-order valence-corrected chi connectivity index (χ3v) is 3.58. The van der Waals surface area contributed by atoms with Crippen LogP contribution < -0.4 is 10.6 Å². The van der Waals surface area contributed by atoms with Crippen molar-refractivity contribution in [3.63, 3.8) is 0 Å². The SMILES string of the molecule is OCCCNc1nc(Nc2c(F)cc(F)cc2F)cc(-c2ccncc2)n1. The second-order valence-corrected chi connectivity index (χ2v) is 5.57. The molecule has 140 valence electrons. The molecule has 0 atom stereocenters. The Labute approximate surface area is 153 Å². The van der Waals surface area contributed by atoms with Gasteiger partial charge in [0.25, 0.3) is 0 Å². The number of halogens is 3. The van der Waals surface area contributed by atoms with Crippen LogP contribution in [0, 0.1) is 17.5 Å². The summed E-state index contributed by atoms with van der Waals surface area (Å²) in [5, 5.41) is 14.4. The maximum atomic E-state index is 13.9. The van der Waals surface area contributed by atoms with Crippen molar-refractivity contribution in [3.8, 4) is 11.3 Å². The van der Waals surface area contributed by atoms with Gasteiger partial charge >= 0.3 is 0 Å². The van der Waals surface area contributed by atoms with Crippen LogP contribution in [0.2, 0.25) is 0 Å². The molecule has 0 bridgehead atoms. The maximum absolute atomic E-state index is 13.9. The zero-order valence-electron chi connectivity index (χ0n) is 14.1. The summed E-state index contributed by atoms with van der Waals surface area (Å²) in [5.74, 6) is -2.84. The molecule has 0 amide bonds. The molecule has 3 rings (SSSR count). The molecule has 0 aliphatic carbocycles. The van der Waals surface area contributed by atoms with Crippen LogP contribution in [0.1, 0.15) is 6.42 Å². The lowest BCUT2D eigenvalue weighted by Crippen LogP contribution is -2.09. The lowest BCUT2D eigenvalue weighted by Gasteiger charge is -2.12. The molecule has 0 saturated carbocycles. The van der Waals surface area contributed by atoms with Crippen LogP contribution in [0.15, 0.2) is 42.7 Å². The van der Waals surface area contributed by atoms with Crippen LogP contribution in [-0.2, 0) is 0 Å². The molecule has 0 aliphatic rings. The summed E-state index contributed by atoms with van der Waals surface area (Å²) in [6.07, 6.45) is 3.65. The summed E-state index contributed by atoms with van der Waals surface area (Å²) >= 11 is 0. The van der Waals surface area contributed by atoms with Gasteiger partial charge in [-0.05, 0) is 18.6 Å². The normalized spacial score (nSPS) is 10.7. The summed E-state index contributed by atoms with van der Waals surface area (Å²) < 4.78 is 41.0. The molecule has 1 aromatic carbocycles. The van der Waals surface area contributed by atoms with Crippen molar-refractivity contribution in [2.75, 3.05) is 23.8 Å². The molecule has 9 heteroatoms. The van der Waals surface area contributed by atoms with E-state index in [-0.39, 0.29) is 18.4 Å².